The van der Waals surface area contributed by atoms with Gasteiger partial charge in [-0.05, 0) is 55.8 Å². The van der Waals surface area contributed by atoms with Crippen LogP contribution in [0, 0.1) is 0 Å². The van der Waals surface area contributed by atoms with E-state index in [1.54, 1.807) is 21.3 Å². The molecule has 0 fully saturated rings. The third-order valence-electron chi connectivity index (χ3n) is 0.642. The number of methoxy groups -OCH3 is 2. The van der Waals surface area contributed by atoms with Gasteiger partial charge in [0.1, 0.15) is 0 Å². The third-order valence-corrected chi connectivity index (χ3v) is 0.642. The Labute approximate surface area is 124 Å². The Bertz CT molecular complexity index is 63.0. The molecule has 0 aliphatic carbocycles. The highest BCUT2D eigenvalue weighted by atomic mass is 16.5. The fourth-order valence-electron chi connectivity index (χ4n) is 0. The van der Waals surface area contributed by atoms with E-state index >= 15 is 0 Å². The van der Waals surface area contributed by atoms with Crippen molar-refractivity contribution in [3.8, 4) is 0 Å². The van der Waals surface area contributed by atoms with E-state index in [1.807, 2.05) is 54.1 Å². The molecule has 0 aliphatic heterocycles. The van der Waals surface area contributed by atoms with Crippen LogP contribution in [0.3, 0.4) is 0 Å². The minimum Gasteiger partial charge on any atom is -0.388 e. The second-order valence-corrected chi connectivity index (χ2v) is 3.53. The van der Waals surface area contributed by atoms with Crippen molar-refractivity contribution in [2.75, 3.05) is 76.8 Å². The molecule has 0 heterocycles. The lowest BCUT2D eigenvalue weighted by atomic mass is 10.8. The normalized spacial score (nSPS) is 6.95. The molecule has 0 bridgehead atoms. The molecule has 0 radical (unpaired) electrons. The maximum Gasteiger partial charge on any atom is 0.0433 e. The van der Waals surface area contributed by atoms with Gasteiger partial charge in [-0.2, -0.15) is 0 Å². The fraction of sp³-hybridized carbons (Fsp3) is 1.00. The Balaban J connectivity index is -0.0000000276. The van der Waals surface area contributed by atoms with Gasteiger partial charge in [-0.1, -0.05) is 14.4 Å². The summed E-state index contributed by atoms with van der Waals surface area (Å²) in [5.74, 6) is 0. The molecule has 0 rings (SSSR count). The van der Waals surface area contributed by atoms with Gasteiger partial charge in [0, 0.05) is 27.9 Å². The highest BCUT2D eigenvalue weighted by Crippen LogP contribution is 1.52. The highest BCUT2D eigenvalue weighted by molar-refractivity contribution is 4.15. The van der Waals surface area contributed by atoms with Crippen LogP contribution in [-0.4, -0.2) is 81.7 Å². The lowest BCUT2D eigenvalue weighted by molar-refractivity contribution is 0.215. The van der Waals surface area contributed by atoms with E-state index in [4.69, 9.17) is 0 Å². The topological polar surface area (TPSA) is 45.8 Å². The number of rotatable bonds is 2. The summed E-state index contributed by atoms with van der Waals surface area (Å²) in [5.41, 5.74) is 0. The average molecular weight is 286 g/mol. The first kappa shape index (κ1) is 36.4. The second kappa shape index (κ2) is 64.9. The van der Waals surface area contributed by atoms with Crippen LogP contribution in [0.15, 0.2) is 0 Å². The van der Waals surface area contributed by atoms with Gasteiger partial charge in [-0.3, -0.25) is 0 Å². The molecule has 5 nitrogen and oxygen atoms in total. The predicted octanol–water partition coefficient (Wildman–Crippen LogP) is 1.79. The molecule has 0 atom stereocenters. The quantitative estimate of drug-likeness (QED) is 0.810. The lowest BCUT2D eigenvalue weighted by Crippen LogP contribution is -2.01. The van der Waals surface area contributed by atoms with Crippen molar-refractivity contribution >= 4 is 0 Å². The van der Waals surface area contributed by atoms with E-state index in [0.717, 1.165) is 13.2 Å². The van der Waals surface area contributed by atoms with Gasteiger partial charge >= 0.3 is 0 Å². The molecule has 0 amide bonds. The molecule has 19 heavy (non-hydrogen) atoms. The number of nitrogens with zero attached hydrogens (tertiary/aromatic N) is 1. The summed E-state index contributed by atoms with van der Waals surface area (Å²) in [6, 6.07) is 0. The summed E-state index contributed by atoms with van der Waals surface area (Å²) < 4.78 is 8.79. The Kier molecular flexibility index (Phi) is 124. The Morgan fingerprint density at radius 2 is 1.00 bits per heavy atom. The molecule has 126 valence electrons. The van der Waals surface area contributed by atoms with Gasteiger partial charge in [0.15, 0.2) is 0 Å². The van der Waals surface area contributed by atoms with Crippen LogP contribution in [0.1, 0.15) is 21.3 Å². The molecule has 0 unspecified atom stereocenters. The summed E-state index contributed by atoms with van der Waals surface area (Å²) >= 11 is 0. The van der Waals surface area contributed by atoms with Crippen LogP contribution < -0.4 is 10.6 Å². The first-order valence-electron chi connectivity index (χ1n) is 6.12. The summed E-state index contributed by atoms with van der Waals surface area (Å²) in [7, 11) is 16.6. The van der Waals surface area contributed by atoms with Crippen LogP contribution in [0.5, 0.6) is 0 Å². The van der Waals surface area contributed by atoms with E-state index < -0.39 is 0 Å². The lowest BCUT2D eigenvalue weighted by Gasteiger charge is -1.90. The number of ether oxygens (including phenoxy) is 2. The second-order valence-electron chi connectivity index (χ2n) is 3.53. The fourth-order valence-corrected chi connectivity index (χ4v) is 0. The molecular formula is C14H43N3O2. The standard InChI is InChI=1S/2C3H9N.C3H8O.C2H7N.C2H6O.CH4/c1-4(2)3;2*1-3-4-2;2*1-3-2;/h1-3H3;4H,3H2,1-2H3;3H2,1-2H3;3H,1-2H3;1-2H3;1H4. The Hall–Kier alpha value is -0.200. The van der Waals surface area contributed by atoms with Crippen molar-refractivity contribution in [2.24, 2.45) is 0 Å². The van der Waals surface area contributed by atoms with Gasteiger partial charge in [0.2, 0.25) is 0 Å². The van der Waals surface area contributed by atoms with Crippen molar-refractivity contribution in [2.45, 2.75) is 21.3 Å². The molecule has 5 heteroatoms. The van der Waals surface area contributed by atoms with Crippen LogP contribution in [-0.2, 0) is 9.47 Å². The zero-order valence-corrected chi connectivity index (χ0v) is 14.7. The van der Waals surface area contributed by atoms with Crippen molar-refractivity contribution in [1.29, 1.82) is 0 Å². The van der Waals surface area contributed by atoms with Crippen LogP contribution in [0.25, 0.3) is 0 Å². The number of nitrogens with one attached hydrogen (secondary N) is 2. The van der Waals surface area contributed by atoms with Gasteiger partial charge in [-0.25, -0.2) is 0 Å². The van der Waals surface area contributed by atoms with Crippen molar-refractivity contribution in [3.05, 3.63) is 0 Å². The molecule has 0 aliphatic rings. The molecular weight excluding hydrogens is 242 g/mol. The molecule has 0 aromatic rings. The predicted molar refractivity (Wildman–Crippen MR) is 91.4 cm³/mol. The maximum absolute atomic E-state index is 4.54. The van der Waals surface area contributed by atoms with Crippen LogP contribution in [0.4, 0.5) is 0 Å². The molecule has 2 N–H and O–H groups in total. The largest absolute Gasteiger partial charge is 0.388 e. The van der Waals surface area contributed by atoms with E-state index in [-0.39, 0.29) is 7.43 Å². The van der Waals surface area contributed by atoms with Crippen LogP contribution in [0.2, 0.25) is 0 Å². The summed E-state index contributed by atoms with van der Waals surface area (Å²) in [4.78, 5) is 2.00. The van der Waals surface area contributed by atoms with Crippen molar-refractivity contribution in [1.82, 2.24) is 15.5 Å². The summed E-state index contributed by atoms with van der Waals surface area (Å²) in [6.45, 7) is 5.92. The number of hydrogen-bond acceptors (Lipinski definition) is 5. The molecule has 0 saturated carbocycles. The Morgan fingerprint density at radius 1 is 0.895 bits per heavy atom. The summed E-state index contributed by atoms with van der Waals surface area (Å²) in [5, 5.41) is 5.68. The molecule has 0 saturated heterocycles. The van der Waals surface area contributed by atoms with E-state index in [2.05, 4.69) is 27.0 Å². The van der Waals surface area contributed by atoms with E-state index in [0.29, 0.717) is 0 Å². The average Bonchev–Trinajstić information content (AvgIpc) is 2.30. The SMILES string of the molecule is C.CCNC.CCOC.CN(C)C.CNC.COC. The first-order valence-corrected chi connectivity index (χ1v) is 6.12. The van der Waals surface area contributed by atoms with Gasteiger partial charge < -0.3 is 25.0 Å². The molecule has 0 aromatic carbocycles. The van der Waals surface area contributed by atoms with Gasteiger partial charge in [-0.15, -0.1) is 0 Å². The van der Waals surface area contributed by atoms with Crippen LogP contribution >= 0.6 is 0 Å². The minimum absolute atomic E-state index is 0. The zero-order valence-electron chi connectivity index (χ0n) is 14.7. The molecule has 0 spiro atoms. The number of hydrogen-bond donors (Lipinski definition) is 2. The van der Waals surface area contributed by atoms with Crippen molar-refractivity contribution in [3.63, 3.8) is 0 Å². The Morgan fingerprint density at radius 3 is 1.00 bits per heavy atom. The monoisotopic (exact) mass is 285 g/mol. The van der Waals surface area contributed by atoms with E-state index in [1.165, 1.54) is 0 Å². The van der Waals surface area contributed by atoms with E-state index in [9.17, 15) is 0 Å². The summed E-state index contributed by atoms with van der Waals surface area (Å²) in [6.07, 6.45) is 0. The first-order chi connectivity index (χ1) is 8.39. The highest BCUT2D eigenvalue weighted by Gasteiger charge is 1.58. The van der Waals surface area contributed by atoms with Crippen molar-refractivity contribution < 1.29 is 9.47 Å². The zero-order chi connectivity index (χ0) is 15.8. The van der Waals surface area contributed by atoms with Gasteiger partial charge in [0.25, 0.3) is 0 Å². The maximum atomic E-state index is 4.54. The third kappa shape index (κ3) is 1370. The smallest absolute Gasteiger partial charge is 0.0433 e. The van der Waals surface area contributed by atoms with Gasteiger partial charge in [0.05, 0.1) is 0 Å². The molecule has 0 aromatic heterocycles. The minimum atomic E-state index is 0.